The molecule has 0 saturated carbocycles. The fourth-order valence-corrected chi connectivity index (χ4v) is 1.87. The average Bonchev–Trinajstić information content (AvgIpc) is 2.44. The minimum atomic E-state index is -0.580. The van der Waals surface area contributed by atoms with Crippen LogP contribution >= 0.6 is 11.6 Å². The van der Waals surface area contributed by atoms with Crippen LogP contribution in [0.4, 0.5) is 10.1 Å². The van der Waals surface area contributed by atoms with Crippen LogP contribution in [0, 0.1) is 17.1 Å². The second kappa shape index (κ2) is 6.69. The Balaban J connectivity index is 2.21. The number of nitriles is 1. The van der Waals surface area contributed by atoms with E-state index in [-0.39, 0.29) is 5.57 Å². The number of hydrogen-bond donors (Lipinski definition) is 1. The fourth-order valence-electron chi connectivity index (χ4n) is 1.68. The van der Waals surface area contributed by atoms with E-state index in [1.165, 1.54) is 24.3 Å². The van der Waals surface area contributed by atoms with Gasteiger partial charge in [0.1, 0.15) is 17.5 Å². The van der Waals surface area contributed by atoms with E-state index in [2.05, 4.69) is 5.32 Å². The van der Waals surface area contributed by atoms with Crippen molar-refractivity contribution in [1.82, 2.24) is 0 Å². The van der Waals surface area contributed by atoms with Gasteiger partial charge in [0.25, 0.3) is 5.91 Å². The molecule has 21 heavy (non-hydrogen) atoms. The van der Waals surface area contributed by atoms with Crippen molar-refractivity contribution in [2.75, 3.05) is 5.32 Å². The number of amides is 1. The molecule has 0 bridgehead atoms. The summed E-state index contributed by atoms with van der Waals surface area (Å²) in [7, 11) is 0. The zero-order chi connectivity index (χ0) is 15.2. The molecule has 0 aliphatic carbocycles. The number of rotatable bonds is 3. The fraction of sp³-hybridized carbons (Fsp3) is 0. The smallest absolute Gasteiger partial charge is 0.266 e. The maximum atomic E-state index is 13.1. The normalized spacial score (nSPS) is 10.8. The highest BCUT2D eigenvalue weighted by atomic mass is 35.5. The van der Waals surface area contributed by atoms with Crippen LogP contribution in [-0.2, 0) is 4.79 Å². The van der Waals surface area contributed by atoms with E-state index in [9.17, 15) is 9.18 Å². The highest BCUT2D eigenvalue weighted by Crippen LogP contribution is 2.16. The van der Waals surface area contributed by atoms with Crippen LogP contribution in [0.25, 0.3) is 6.08 Å². The molecular formula is C16H10ClFN2O. The van der Waals surface area contributed by atoms with Crippen LogP contribution in [0.2, 0.25) is 5.02 Å². The molecule has 1 N–H and O–H groups in total. The molecular weight excluding hydrogens is 291 g/mol. The molecule has 0 saturated heterocycles. The van der Waals surface area contributed by atoms with Gasteiger partial charge in [0, 0.05) is 10.7 Å². The van der Waals surface area contributed by atoms with E-state index in [0.29, 0.717) is 16.3 Å². The van der Waals surface area contributed by atoms with Crippen LogP contribution in [-0.4, -0.2) is 5.91 Å². The van der Waals surface area contributed by atoms with Gasteiger partial charge in [-0.15, -0.1) is 0 Å². The summed E-state index contributed by atoms with van der Waals surface area (Å²) in [5.41, 5.74) is 0.793. The second-order valence-electron chi connectivity index (χ2n) is 4.19. The van der Waals surface area contributed by atoms with Gasteiger partial charge < -0.3 is 5.32 Å². The lowest BCUT2D eigenvalue weighted by Crippen LogP contribution is -2.13. The van der Waals surface area contributed by atoms with Crippen LogP contribution in [0.3, 0.4) is 0 Å². The molecule has 3 nitrogen and oxygen atoms in total. The molecule has 5 heteroatoms. The zero-order valence-electron chi connectivity index (χ0n) is 10.8. The first-order valence-electron chi connectivity index (χ1n) is 6.03. The summed E-state index contributed by atoms with van der Waals surface area (Å²) < 4.78 is 13.1. The molecule has 104 valence electrons. The Morgan fingerprint density at radius 1 is 1.24 bits per heavy atom. The summed E-state index contributed by atoms with van der Waals surface area (Å²) >= 11 is 5.82. The molecule has 0 atom stereocenters. The van der Waals surface area contributed by atoms with Crippen molar-refractivity contribution in [3.8, 4) is 6.07 Å². The predicted octanol–water partition coefficient (Wildman–Crippen LogP) is 4.02. The lowest BCUT2D eigenvalue weighted by molar-refractivity contribution is -0.112. The van der Waals surface area contributed by atoms with Gasteiger partial charge in [0.2, 0.25) is 0 Å². The molecule has 0 aliphatic heterocycles. The maximum Gasteiger partial charge on any atom is 0.266 e. The first-order valence-corrected chi connectivity index (χ1v) is 6.40. The molecule has 0 spiro atoms. The standard InChI is InChI=1S/C16H10ClFN2O/c17-13-4-2-6-15(9-13)20-16(21)12(10-19)7-11-3-1-5-14(18)8-11/h1-9H,(H,20,21)/b12-7+. The van der Waals surface area contributed by atoms with Gasteiger partial charge in [-0.1, -0.05) is 29.8 Å². The molecule has 0 aliphatic rings. The average molecular weight is 301 g/mol. The Kier molecular flexibility index (Phi) is 4.70. The van der Waals surface area contributed by atoms with E-state index in [1.54, 1.807) is 36.4 Å². The van der Waals surface area contributed by atoms with Crippen molar-refractivity contribution in [1.29, 1.82) is 5.26 Å². The quantitative estimate of drug-likeness (QED) is 0.687. The number of nitrogens with one attached hydrogen (secondary N) is 1. The van der Waals surface area contributed by atoms with Crippen molar-refractivity contribution in [2.45, 2.75) is 0 Å². The first kappa shape index (κ1) is 14.8. The number of benzene rings is 2. The highest BCUT2D eigenvalue weighted by molar-refractivity contribution is 6.31. The van der Waals surface area contributed by atoms with E-state index < -0.39 is 11.7 Å². The van der Waals surface area contributed by atoms with Gasteiger partial charge in [-0.2, -0.15) is 5.26 Å². The summed E-state index contributed by atoms with van der Waals surface area (Å²) in [6.45, 7) is 0. The molecule has 0 heterocycles. The van der Waals surface area contributed by atoms with Crippen molar-refractivity contribution < 1.29 is 9.18 Å². The molecule has 0 unspecified atom stereocenters. The Bertz CT molecular complexity index is 750. The largest absolute Gasteiger partial charge is 0.321 e. The summed E-state index contributed by atoms with van der Waals surface area (Å²) in [6.07, 6.45) is 1.32. The highest BCUT2D eigenvalue weighted by Gasteiger charge is 2.09. The van der Waals surface area contributed by atoms with E-state index in [4.69, 9.17) is 16.9 Å². The molecule has 2 rings (SSSR count). The number of hydrogen-bond acceptors (Lipinski definition) is 2. The lowest BCUT2D eigenvalue weighted by atomic mass is 10.1. The Morgan fingerprint density at radius 3 is 2.67 bits per heavy atom. The summed E-state index contributed by atoms with van der Waals surface area (Å²) in [4.78, 5) is 12.0. The third-order valence-corrected chi connectivity index (χ3v) is 2.84. The summed E-state index contributed by atoms with van der Waals surface area (Å²) in [6, 6.07) is 14.0. The van der Waals surface area contributed by atoms with E-state index in [0.717, 1.165) is 0 Å². The third-order valence-electron chi connectivity index (χ3n) is 2.61. The number of carbonyl (C=O) groups excluding carboxylic acids is 1. The SMILES string of the molecule is N#C/C(=C\c1cccc(F)c1)C(=O)Nc1cccc(Cl)c1. The Morgan fingerprint density at radius 2 is 2.00 bits per heavy atom. The second-order valence-corrected chi connectivity index (χ2v) is 4.63. The number of carbonyl (C=O) groups is 1. The minimum Gasteiger partial charge on any atom is -0.321 e. The van der Waals surface area contributed by atoms with Gasteiger partial charge >= 0.3 is 0 Å². The summed E-state index contributed by atoms with van der Waals surface area (Å²) in [5.74, 6) is -1.01. The van der Waals surface area contributed by atoms with Crippen LogP contribution < -0.4 is 5.32 Å². The third kappa shape index (κ3) is 4.16. The van der Waals surface area contributed by atoms with Gasteiger partial charge in [0.05, 0.1) is 0 Å². The topological polar surface area (TPSA) is 52.9 Å². The van der Waals surface area contributed by atoms with Gasteiger partial charge in [-0.05, 0) is 42.0 Å². The summed E-state index contributed by atoms with van der Waals surface area (Å²) in [5, 5.41) is 12.1. The number of halogens is 2. The monoisotopic (exact) mass is 300 g/mol. The molecule has 2 aromatic rings. The minimum absolute atomic E-state index is 0.124. The maximum absolute atomic E-state index is 13.1. The van der Waals surface area contributed by atoms with Crippen molar-refractivity contribution in [3.63, 3.8) is 0 Å². The van der Waals surface area contributed by atoms with Crippen LogP contribution in [0.15, 0.2) is 54.1 Å². The lowest BCUT2D eigenvalue weighted by Gasteiger charge is -2.04. The zero-order valence-corrected chi connectivity index (χ0v) is 11.6. The van der Waals surface area contributed by atoms with Gasteiger partial charge in [-0.3, -0.25) is 4.79 Å². The molecule has 0 fully saturated rings. The predicted molar refractivity (Wildman–Crippen MR) is 80.1 cm³/mol. The molecule has 0 aromatic heterocycles. The molecule has 0 radical (unpaired) electrons. The van der Waals surface area contributed by atoms with Crippen molar-refractivity contribution >= 4 is 29.3 Å². The van der Waals surface area contributed by atoms with Gasteiger partial charge in [-0.25, -0.2) is 4.39 Å². The molecule has 2 aromatic carbocycles. The van der Waals surface area contributed by atoms with Gasteiger partial charge in [0.15, 0.2) is 0 Å². The van der Waals surface area contributed by atoms with E-state index in [1.807, 2.05) is 0 Å². The Labute approximate surface area is 126 Å². The van der Waals surface area contributed by atoms with Crippen molar-refractivity contribution in [2.24, 2.45) is 0 Å². The van der Waals surface area contributed by atoms with Crippen LogP contribution in [0.1, 0.15) is 5.56 Å². The number of anilines is 1. The van der Waals surface area contributed by atoms with Crippen LogP contribution in [0.5, 0.6) is 0 Å². The van der Waals surface area contributed by atoms with E-state index >= 15 is 0 Å². The molecule has 1 amide bonds. The Hall–Kier alpha value is -2.64. The van der Waals surface area contributed by atoms with Crippen molar-refractivity contribution in [3.05, 3.63) is 70.5 Å². The first-order chi connectivity index (χ1) is 10.1. The number of nitrogens with zero attached hydrogens (tertiary/aromatic N) is 1.